The molecule has 0 radical (unpaired) electrons. The first-order valence-electron chi connectivity index (χ1n) is 9.97. The molecule has 4 rings (SSSR count). The van der Waals surface area contributed by atoms with Crippen molar-refractivity contribution >= 4 is 22.3 Å². The Hall–Kier alpha value is -2.80. The van der Waals surface area contributed by atoms with Crippen LogP contribution in [0, 0.1) is 5.82 Å². The standard InChI is InChI=1S/C22H26FN5O/c1-13(2)18-16(23)5-4-15-19(18)21(28-10-7-14(29-3)8-11-28)22(24)27-20(15)17-6-9-25-12-26-17/h4-6,9,12-14H,7-8,10-11H2,1-3H3,(H2,24,27). The second kappa shape index (κ2) is 7.91. The number of hydrogen-bond donors (Lipinski definition) is 1. The van der Waals surface area contributed by atoms with Gasteiger partial charge in [-0.1, -0.05) is 13.8 Å². The zero-order chi connectivity index (χ0) is 20.5. The predicted octanol–water partition coefficient (Wildman–Crippen LogP) is 4.15. The van der Waals surface area contributed by atoms with E-state index in [1.165, 1.54) is 12.4 Å². The van der Waals surface area contributed by atoms with Gasteiger partial charge < -0.3 is 15.4 Å². The van der Waals surface area contributed by atoms with E-state index >= 15 is 0 Å². The van der Waals surface area contributed by atoms with Gasteiger partial charge in [0, 0.05) is 42.7 Å². The smallest absolute Gasteiger partial charge is 0.148 e. The molecule has 0 spiro atoms. The number of rotatable bonds is 4. The lowest BCUT2D eigenvalue weighted by Crippen LogP contribution is -2.37. The van der Waals surface area contributed by atoms with Gasteiger partial charge in [0.1, 0.15) is 18.0 Å². The van der Waals surface area contributed by atoms with Gasteiger partial charge in [-0.2, -0.15) is 0 Å². The van der Waals surface area contributed by atoms with Crippen molar-refractivity contribution in [3.8, 4) is 11.4 Å². The molecule has 7 heteroatoms. The first kappa shape index (κ1) is 19.5. The highest BCUT2D eigenvalue weighted by Gasteiger charge is 2.27. The van der Waals surface area contributed by atoms with Crippen molar-refractivity contribution in [2.45, 2.75) is 38.7 Å². The molecular weight excluding hydrogens is 369 g/mol. The third kappa shape index (κ3) is 3.51. The van der Waals surface area contributed by atoms with Crippen LogP contribution in [0.1, 0.15) is 38.2 Å². The van der Waals surface area contributed by atoms with E-state index < -0.39 is 0 Å². The van der Waals surface area contributed by atoms with Gasteiger partial charge in [0.2, 0.25) is 0 Å². The number of methoxy groups -OCH3 is 1. The summed E-state index contributed by atoms with van der Waals surface area (Å²) in [5, 5.41) is 1.68. The second-order valence-electron chi connectivity index (χ2n) is 7.75. The summed E-state index contributed by atoms with van der Waals surface area (Å²) in [5.41, 5.74) is 9.29. The van der Waals surface area contributed by atoms with E-state index in [2.05, 4.69) is 14.9 Å². The zero-order valence-corrected chi connectivity index (χ0v) is 17.0. The van der Waals surface area contributed by atoms with Crippen LogP contribution in [0.5, 0.6) is 0 Å². The maximum absolute atomic E-state index is 15.0. The van der Waals surface area contributed by atoms with E-state index in [0.717, 1.165) is 42.4 Å². The average molecular weight is 395 g/mol. The van der Waals surface area contributed by atoms with Crippen LogP contribution in [-0.2, 0) is 4.74 Å². The van der Waals surface area contributed by atoms with Gasteiger partial charge >= 0.3 is 0 Å². The fourth-order valence-electron chi connectivity index (χ4n) is 4.23. The normalized spacial score (nSPS) is 15.4. The van der Waals surface area contributed by atoms with Crippen molar-refractivity contribution in [2.75, 3.05) is 30.8 Å². The van der Waals surface area contributed by atoms with Crippen LogP contribution >= 0.6 is 0 Å². The Bertz CT molecular complexity index is 1020. The number of aromatic nitrogens is 3. The second-order valence-corrected chi connectivity index (χ2v) is 7.75. The van der Waals surface area contributed by atoms with Crippen molar-refractivity contribution in [3.05, 3.63) is 42.1 Å². The molecule has 1 aliphatic heterocycles. The number of piperidine rings is 1. The molecule has 2 aromatic heterocycles. The van der Waals surface area contributed by atoms with Gasteiger partial charge in [0.05, 0.1) is 23.2 Å². The molecule has 1 fully saturated rings. The summed E-state index contributed by atoms with van der Waals surface area (Å²) in [7, 11) is 1.74. The first-order chi connectivity index (χ1) is 14.0. The number of pyridine rings is 1. The Labute approximate surface area is 169 Å². The number of anilines is 2. The highest BCUT2D eigenvalue weighted by Crippen LogP contribution is 2.42. The molecule has 0 bridgehead atoms. The maximum Gasteiger partial charge on any atom is 0.148 e. The van der Waals surface area contributed by atoms with Crippen LogP contribution in [0.4, 0.5) is 15.9 Å². The van der Waals surface area contributed by atoms with Crippen LogP contribution in [0.15, 0.2) is 30.7 Å². The highest BCUT2D eigenvalue weighted by molar-refractivity contribution is 6.07. The van der Waals surface area contributed by atoms with Gasteiger partial charge in [-0.3, -0.25) is 0 Å². The summed E-state index contributed by atoms with van der Waals surface area (Å²) in [5.74, 6) is 0.170. The summed E-state index contributed by atoms with van der Waals surface area (Å²) in [4.78, 5) is 15.3. The third-order valence-electron chi connectivity index (χ3n) is 5.65. The molecule has 1 aromatic carbocycles. The van der Waals surface area contributed by atoms with Gasteiger partial charge in [-0.15, -0.1) is 0 Å². The zero-order valence-electron chi connectivity index (χ0n) is 17.0. The molecule has 152 valence electrons. The van der Waals surface area contributed by atoms with E-state index in [1.54, 1.807) is 25.4 Å². The lowest BCUT2D eigenvalue weighted by Gasteiger charge is -2.35. The molecule has 29 heavy (non-hydrogen) atoms. The largest absolute Gasteiger partial charge is 0.382 e. The number of nitrogens with two attached hydrogens (primary N) is 1. The molecule has 2 N–H and O–H groups in total. The van der Waals surface area contributed by atoms with Crippen LogP contribution in [0.3, 0.4) is 0 Å². The van der Waals surface area contributed by atoms with Crippen LogP contribution in [0.25, 0.3) is 22.2 Å². The lowest BCUT2D eigenvalue weighted by atomic mass is 9.92. The first-order valence-corrected chi connectivity index (χ1v) is 9.97. The molecule has 6 nitrogen and oxygen atoms in total. The lowest BCUT2D eigenvalue weighted by molar-refractivity contribution is 0.0820. The van der Waals surface area contributed by atoms with E-state index in [1.807, 2.05) is 13.8 Å². The molecule has 0 unspecified atom stereocenters. The van der Waals surface area contributed by atoms with Gasteiger partial charge in [0.25, 0.3) is 0 Å². The summed E-state index contributed by atoms with van der Waals surface area (Å²) in [6.07, 6.45) is 5.19. The van der Waals surface area contributed by atoms with E-state index in [4.69, 9.17) is 15.5 Å². The number of nitrogens with zero attached hydrogens (tertiary/aromatic N) is 4. The number of benzene rings is 1. The summed E-state index contributed by atoms with van der Waals surface area (Å²) in [6, 6.07) is 5.09. The number of fused-ring (bicyclic) bond motifs is 1. The molecule has 0 saturated carbocycles. The number of halogens is 1. The minimum atomic E-state index is -0.222. The molecule has 0 atom stereocenters. The fraction of sp³-hybridized carbons (Fsp3) is 0.409. The quantitative estimate of drug-likeness (QED) is 0.715. The molecule has 0 amide bonds. The van der Waals surface area contributed by atoms with Crippen molar-refractivity contribution in [2.24, 2.45) is 0 Å². The van der Waals surface area contributed by atoms with Gasteiger partial charge in [0.15, 0.2) is 0 Å². The van der Waals surface area contributed by atoms with E-state index in [-0.39, 0.29) is 17.8 Å². The van der Waals surface area contributed by atoms with Gasteiger partial charge in [-0.05, 0) is 37.0 Å². The summed E-state index contributed by atoms with van der Waals surface area (Å²) >= 11 is 0. The molecule has 1 saturated heterocycles. The molecule has 0 aliphatic carbocycles. The highest BCUT2D eigenvalue weighted by atomic mass is 19.1. The minimum Gasteiger partial charge on any atom is -0.382 e. The fourth-order valence-corrected chi connectivity index (χ4v) is 4.23. The van der Waals surface area contributed by atoms with E-state index in [9.17, 15) is 4.39 Å². The Morgan fingerprint density at radius 1 is 1.21 bits per heavy atom. The number of nitrogen functional groups attached to an aromatic ring is 1. The minimum absolute atomic E-state index is 0.00554. The van der Waals surface area contributed by atoms with Crippen molar-refractivity contribution in [3.63, 3.8) is 0 Å². The molecule has 3 heterocycles. The number of hydrogen-bond acceptors (Lipinski definition) is 6. The van der Waals surface area contributed by atoms with Crippen molar-refractivity contribution in [1.29, 1.82) is 0 Å². The third-order valence-corrected chi connectivity index (χ3v) is 5.65. The Kier molecular flexibility index (Phi) is 5.32. The monoisotopic (exact) mass is 395 g/mol. The molecule has 3 aromatic rings. The Morgan fingerprint density at radius 2 is 1.97 bits per heavy atom. The van der Waals surface area contributed by atoms with E-state index in [0.29, 0.717) is 22.8 Å². The van der Waals surface area contributed by atoms with Crippen molar-refractivity contribution < 1.29 is 9.13 Å². The van der Waals surface area contributed by atoms with Crippen LogP contribution < -0.4 is 10.6 Å². The number of ether oxygens (including phenoxy) is 1. The summed E-state index contributed by atoms with van der Waals surface area (Å²) < 4.78 is 20.5. The van der Waals surface area contributed by atoms with Crippen LogP contribution in [0.2, 0.25) is 0 Å². The van der Waals surface area contributed by atoms with Crippen molar-refractivity contribution in [1.82, 2.24) is 15.0 Å². The van der Waals surface area contributed by atoms with Crippen LogP contribution in [-0.4, -0.2) is 41.3 Å². The molecule has 1 aliphatic rings. The van der Waals surface area contributed by atoms with Gasteiger partial charge in [-0.25, -0.2) is 19.3 Å². The topological polar surface area (TPSA) is 77.2 Å². The summed E-state index contributed by atoms with van der Waals surface area (Å²) in [6.45, 7) is 5.58. The Balaban J connectivity index is 1.99. The molecular formula is C22H26FN5O. The average Bonchev–Trinajstić information content (AvgIpc) is 2.73. The Morgan fingerprint density at radius 3 is 2.59 bits per heavy atom. The maximum atomic E-state index is 15.0. The predicted molar refractivity (Wildman–Crippen MR) is 113 cm³/mol. The SMILES string of the molecule is COC1CCN(c2c(N)nc(-c3ccncn3)c3ccc(F)c(C(C)C)c23)CC1.